The predicted molar refractivity (Wildman–Crippen MR) is 101 cm³/mol. The molecule has 5 heteroatoms. The number of rotatable bonds is 10. The summed E-state index contributed by atoms with van der Waals surface area (Å²) in [7, 11) is 0. The summed E-state index contributed by atoms with van der Waals surface area (Å²) >= 11 is 0. The van der Waals surface area contributed by atoms with Crippen LogP contribution < -0.4 is 10.6 Å². The Morgan fingerprint density at radius 2 is 1.92 bits per heavy atom. The van der Waals surface area contributed by atoms with E-state index in [0.29, 0.717) is 13.0 Å². The van der Waals surface area contributed by atoms with Crippen molar-refractivity contribution in [3.63, 3.8) is 0 Å². The maximum atomic E-state index is 11.8. The molecule has 1 aromatic carbocycles. The number of hydrogen-bond donors (Lipinski definition) is 2. The smallest absolute Gasteiger partial charge is 0.220 e. The topological polar surface area (TPSA) is 50.4 Å². The third-order valence-electron chi connectivity index (χ3n) is 4.40. The van der Waals surface area contributed by atoms with E-state index in [9.17, 15) is 4.79 Å². The van der Waals surface area contributed by atoms with Gasteiger partial charge >= 0.3 is 0 Å². The molecule has 2 N–H and O–H groups in total. The van der Waals surface area contributed by atoms with Gasteiger partial charge in [0.2, 0.25) is 5.91 Å². The number of carbonyl (C=O) groups is 1. The number of hydrogen-bond acceptors (Lipinski definition) is 3. The maximum Gasteiger partial charge on any atom is 0.220 e. The molecule has 4 nitrogen and oxygen atoms in total. The molecule has 0 spiro atoms. The summed E-state index contributed by atoms with van der Waals surface area (Å²) in [5.41, 5.74) is 1.30. The Balaban J connectivity index is 0.00000288. The molecule has 0 unspecified atom stereocenters. The van der Waals surface area contributed by atoms with Crippen molar-refractivity contribution in [3.8, 4) is 0 Å². The van der Waals surface area contributed by atoms with Gasteiger partial charge in [-0.05, 0) is 56.7 Å². The highest BCUT2D eigenvalue weighted by Gasteiger charge is 2.14. The van der Waals surface area contributed by atoms with Gasteiger partial charge in [-0.2, -0.15) is 0 Å². The zero-order valence-electron chi connectivity index (χ0n) is 14.5. The molecule has 0 radical (unpaired) electrons. The average Bonchev–Trinajstić information content (AvgIpc) is 2.61. The largest absolute Gasteiger partial charge is 0.381 e. The Morgan fingerprint density at radius 1 is 1.17 bits per heavy atom. The number of piperidine rings is 1. The van der Waals surface area contributed by atoms with E-state index < -0.39 is 0 Å². The molecule has 0 aromatic heterocycles. The van der Waals surface area contributed by atoms with Crippen LogP contribution in [0.15, 0.2) is 30.3 Å². The minimum Gasteiger partial charge on any atom is -0.381 e. The standard InChI is InChI=1S/C19H30N2O2.ClH/c22-19(8-7-18-9-13-20-14-10-18)21-12-4-15-23-16-11-17-5-2-1-3-6-17;/h1-3,5-6,18,20H,4,7-16H2,(H,21,22);1H. The molecule has 1 aliphatic heterocycles. The van der Waals surface area contributed by atoms with Crippen molar-refractivity contribution in [2.75, 3.05) is 32.8 Å². The Hall–Kier alpha value is -1.10. The van der Waals surface area contributed by atoms with Gasteiger partial charge in [0.15, 0.2) is 0 Å². The Morgan fingerprint density at radius 3 is 2.67 bits per heavy atom. The first-order chi connectivity index (χ1) is 11.3. The van der Waals surface area contributed by atoms with Gasteiger partial charge in [0.25, 0.3) is 0 Å². The van der Waals surface area contributed by atoms with E-state index in [2.05, 4.69) is 34.9 Å². The van der Waals surface area contributed by atoms with Crippen LogP contribution in [0, 0.1) is 5.92 Å². The van der Waals surface area contributed by atoms with Crippen LogP contribution >= 0.6 is 12.4 Å². The first kappa shape index (κ1) is 20.9. The van der Waals surface area contributed by atoms with Crippen LogP contribution in [-0.4, -0.2) is 38.8 Å². The van der Waals surface area contributed by atoms with Gasteiger partial charge in [0.1, 0.15) is 0 Å². The summed E-state index contributed by atoms with van der Waals surface area (Å²) in [6.07, 6.45) is 5.95. The van der Waals surface area contributed by atoms with Crippen molar-refractivity contribution < 1.29 is 9.53 Å². The normalized spacial score (nSPS) is 14.8. The summed E-state index contributed by atoms with van der Waals surface area (Å²) < 4.78 is 5.62. The van der Waals surface area contributed by atoms with Crippen LogP contribution in [0.25, 0.3) is 0 Å². The fraction of sp³-hybridized carbons (Fsp3) is 0.632. The van der Waals surface area contributed by atoms with Crippen molar-refractivity contribution in [1.29, 1.82) is 0 Å². The molecule has 24 heavy (non-hydrogen) atoms. The predicted octanol–water partition coefficient (Wildman–Crippen LogP) is 2.95. The summed E-state index contributed by atoms with van der Waals surface area (Å²) in [6.45, 7) is 4.38. The van der Waals surface area contributed by atoms with E-state index in [4.69, 9.17) is 4.74 Å². The second kappa shape index (κ2) is 13.2. The zero-order chi connectivity index (χ0) is 16.2. The van der Waals surface area contributed by atoms with Crippen molar-refractivity contribution in [2.45, 2.75) is 38.5 Å². The molecule has 0 bridgehead atoms. The molecule has 0 saturated carbocycles. The van der Waals surface area contributed by atoms with Gasteiger partial charge in [-0.3, -0.25) is 4.79 Å². The van der Waals surface area contributed by atoms with E-state index in [1.165, 1.54) is 18.4 Å². The molecule has 1 fully saturated rings. The Kier molecular flexibility index (Phi) is 11.5. The summed E-state index contributed by atoms with van der Waals surface area (Å²) in [6, 6.07) is 10.4. The summed E-state index contributed by atoms with van der Waals surface area (Å²) in [4.78, 5) is 11.8. The lowest BCUT2D eigenvalue weighted by Gasteiger charge is -2.22. The van der Waals surface area contributed by atoms with Crippen LogP contribution in [0.5, 0.6) is 0 Å². The third-order valence-corrected chi connectivity index (χ3v) is 4.40. The number of nitrogens with one attached hydrogen (secondary N) is 2. The van der Waals surface area contributed by atoms with Crippen LogP contribution in [-0.2, 0) is 16.0 Å². The second-order valence-corrected chi connectivity index (χ2v) is 6.28. The Labute approximate surface area is 152 Å². The van der Waals surface area contributed by atoms with Crippen LogP contribution in [0.2, 0.25) is 0 Å². The summed E-state index contributed by atoms with van der Waals surface area (Å²) in [5, 5.41) is 6.35. The van der Waals surface area contributed by atoms with Crippen LogP contribution in [0.3, 0.4) is 0 Å². The maximum absolute atomic E-state index is 11.8. The average molecular weight is 355 g/mol. The lowest BCUT2D eigenvalue weighted by Crippen LogP contribution is -2.30. The van der Waals surface area contributed by atoms with Crippen molar-refractivity contribution in [1.82, 2.24) is 10.6 Å². The molecular weight excluding hydrogens is 324 g/mol. The molecule has 1 saturated heterocycles. The van der Waals surface area contributed by atoms with Gasteiger partial charge in [-0.1, -0.05) is 30.3 Å². The number of benzene rings is 1. The molecule has 0 aliphatic carbocycles. The van der Waals surface area contributed by atoms with Crippen molar-refractivity contribution in [3.05, 3.63) is 35.9 Å². The minimum atomic E-state index is 0. The first-order valence-corrected chi connectivity index (χ1v) is 8.93. The number of ether oxygens (including phenoxy) is 1. The van der Waals surface area contributed by atoms with E-state index in [0.717, 1.165) is 51.4 Å². The molecule has 2 rings (SSSR count). The highest BCUT2D eigenvalue weighted by molar-refractivity contribution is 5.85. The molecular formula is C19H31ClN2O2. The van der Waals surface area contributed by atoms with Crippen molar-refractivity contribution >= 4 is 18.3 Å². The van der Waals surface area contributed by atoms with E-state index in [1.54, 1.807) is 0 Å². The van der Waals surface area contributed by atoms with E-state index >= 15 is 0 Å². The minimum absolute atomic E-state index is 0. The highest BCUT2D eigenvalue weighted by Crippen LogP contribution is 2.17. The SMILES string of the molecule is Cl.O=C(CCC1CCNCC1)NCCCOCCc1ccccc1. The quantitative estimate of drug-likeness (QED) is 0.635. The van der Waals surface area contributed by atoms with Gasteiger partial charge in [-0.15, -0.1) is 12.4 Å². The van der Waals surface area contributed by atoms with Gasteiger partial charge < -0.3 is 15.4 Å². The monoisotopic (exact) mass is 354 g/mol. The number of halogens is 1. The summed E-state index contributed by atoms with van der Waals surface area (Å²) in [5.74, 6) is 0.913. The van der Waals surface area contributed by atoms with Crippen molar-refractivity contribution in [2.24, 2.45) is 5.92 Å². The Bertz CT molecular complexity index is 436. The third kappa shape index (κ3) is 9.26. The lowest BCUT2D eigenvalue weighted by atomic mass is 9.93. The molecule has 0 atom stereocenters. The number of carbonyl (C=O) groups excluding carboxylic acids is 1. The first-order valence-electron chi connectivity index (χ1n) is 8.93. The van der Waals surface area contributed by atoms with Crippen LogP contribution in [0.4, 0.5) is 0 Å². The molecule has 1 amide bonds. The zero-order valence-corrected chi connectivity index (χ0v) is 15.3. The fourth-order valence-electron chi connectivity index (χ4n) is 2.93. The van der Waals surface area contributed by atoms with Gasteiger partial charge in [0, 0.05) is 19.6 Å². The molecule has 1 aromatic rings. The van der Waals surface area contributed by atoms with Gasteiger partial charge in [-0.25, -0.2) is 0 Å². The van der Waals surface area contributed by atoms with E-state index in [-0.39, 0.29) is 18.3 Å². The van der Waals surface area contributed by atoms with E-state index in [1.807, 2.05) is 6.07 Å². The molecule has 136 valence electrons. The molecule has 1 heterocycles. The lowest BCUT2D eigenvalue weighted by molar-refractivity contribution is -0.121. The highest BCUT2D eigenvalue weighted by atomic mass is 35.5. The fourth-order valence-corrected chi connectivity index (χ4v) is 2.93. The van der Waals surface area contributed by atoms with Gasteiger partial charge in [0.05, 0.1) is 6.61 Å². The number of amides is 1. The van der Waals surface area contributed by atoms with Crippen LogP contribution in [0.1, 0.15) is 37.7 Å². The molecule has 1 aliphatic rings. The second-order valence-electron chi connectivity index (χ2n) is 6.28.